The Morgan fingerprint density at radius 2 is 1.90 bits per heavy atom. The van der Waals surface area contributed by atoms with E-state index in [1.807, 2.05) is 42.1 Å². The molecular weight excluding hydrogens is 398 g/mol. The average Bonchev–Trinajstić information content (AvgIpc) is 3.22. The molecule has 0 spiro atoms. The fourth-order valence-electron chi connectivity index (χ4n) is 3.40. The van der Waals surface area contributed by atoms with E-state index in [0.717, 1.165) is 36.9 Å². The van der Waals surface area contributed by atoms with E-state index in [9.17, 15) is 4.21 Å². The maximum atomic E-state index is 12.4. The number of guanidine groups is 1. The lowest BCUT2D eigenvalue weighted by molar-refractivity contribution is 0.475. The van der Waals surface area contributed by atoms with Gasteiger partial charge >= 0.3 is 0 Å². The van der Waals surface area contributed by atoms with Crippen LogP contribution in [0.4, 0.5) is 0 Å². The van der Waals surface area contributed by atoms with Gasteiger partial charge in [0.25, 0.3) is 0 Å². The second kappa shape index (κ2) is 12.0. The molecule has 2 atom stereocenters. The van der Waals surface area contributed by atoms with E-state index in [1.54, 1.807) is 0 Å². The third-order valence-corrected chi connectivity index (χ3v) is 7.44. The molecule has 0 radical (unpaired) electrons. The third kappa shape index (κ3) is 7.52. The summed E-state index contributed by atoms with van der Waals surface area (Å²) in [4.78, 5) is 8.46. The van der Waals surface area contributed by atoms with Gasteiger partial charge in [0.05, 0.1) is 6.54 Å². The van der Waals surface area contributed by atoms with E-state index in [2.05, 4.69) is 47.5 Å². The Labute approximate surface area is 181 Å². The standard InChI is InChI=1S/C23H31N3OS2/c1-2-24-23(25-14-16-29(27)19-20-9-5-3-6-10-20)26-15-13-21(17-26)18-28-22-11-7-4-8-12-22/h3-12,21H,2,13-19H2,1H3,(H,24,25). The summed E-state index contributed by atoms with van der Waals surface area (Å²) in [6.45, 7) is 5.63. The second-order valence-electron chi connectivity index (χ2n) is 7.23. The lowest BCUT2D eigenvalue weighted by Gasteiger charge is -2.21. The van der Waals surface area contributed by atoms with E-state index >= 15 is 0 Å². The fourth-order valence-corrected chi connectivity index (χ4v) is 5.46. The summed E-state index contributed by atoms with van der Waals surface area (Å²) in [6.07, 6.45) is 1.20. The second-order valence-corrected chi connectivity index (χ2v) is 9.90. The molecule has 1 heterocycles. The Bertz CT molecular complexity index is 783. The first-order valence-corrected chi connectivity index (χ1v) is 12.8. The molecule has 1 N–H and O–H groups in total. The zero-order chi connectivity index (χ0) is 20.3. The number of rotatable bonds is 9. The normalized spacial score (nSPS) is 18.0. The summed E-state index contributed by atoms with van der Waals surface area (Å²) >= 11 is 1.94. The molecule has 0 saturated carbocycles. The van der Waals surface area contributed by atoms with Crippen LogP contribution in [0.1, 0.15) is 18.9 Å². The van der Waals surface area contributed by atoms with Gasteiger partial charge in [0.15, 0.2) is 5.96 Å². The van der Waals surface area contributed by atoms with Gasteiger partial charge in [0, 0.05) is 52.6 Å². The highest BCUT2D eigenvalue weighted by Gasteiger charge is 2.24. The first kappa shape index (κ1) is 21.9. The van der Waals surface area contributed by atoms with Gasteiger partial charge in [-0.1, -0.05) is 48.5 Å². The summed E-state index contributed by atoms with van der Waals surface area (Å²) < 4.78 is 12.4. The Morgan fingerprint density at radius 1 is 1.17 bits per heavy atom. The minimum atomic E-state index is -0.881. The number of aliphatic imine (C=N–C) groups is 1. The molecule has 2 aromatic rings. The Hall–Kier alpha value is -1.79. The molecule has 0 aromatic heterocycles. The van der Waals surface area contributed by atoms with Crippen LogP contribution >= 0.6 is 11.8 Å². The van der Waals surface area contributed by atoms with Crippen molar-refractivity contribution in [2.45, 2.75) is 24.0 Å². The number of nitrogens with zero attached hydrogens (tertiary/aromatic N) is 2. The number of nitrogens with one attached hydrogen (secondary N) is 1. The molecule has 6 heteroatoms. The Balaban J connectivity index is 1.45. The zero-order valence-corrected chi connectivity index (χ0v) is 18.8. The van der Waals surface area contributed by atoms with Crippen molar-refractivity contribution in [1.29, 1.82) is 0 Å². The fraction of sp³-hybridized carbons (Fsp3) is 0.435. The van der Waals surface area contributed by atoms with Gasteiger partial charge in [-0.3, -0.25) is 9.20 Å². The molecule has 1 fully saturated rings. The maximum Gasteiger partial charge on any atom is 0.193 e. The molecule has 0 aliphatic carbocycles. The van der Waals surface area contributed by atoms with Crippen LogP contribution in [0.3, 0.4) is 0 Å². The van der Waals surface area contributed by atoms with Crippen molar-refractivity contribution in [3.63, 3.8) is 0 Å². The number of hydrogen-bond acceptors (Lipinski definition) is 3. The first-order chi connectivity index (χ1) is 14.2. The molecule has 1 aliphatic heterocycles. The van der Waals surface area contributed by atoms with Crippen LogP contribution in [0.2, 0.25) is 0 Å². The van der Waals surface area contributed by atoms with Crippen molar-refractivity contribution in [3.05, 3.63) is 66.2 Å². The number of likely N-dealkylation sites (tertiary alicyclic amines) is 1. The predicted octanol–water partition coefficient (Wildman–Crippen LogP) is 4.02. The summed E-state index contributed by atoms with van der Waals surface area (Å²) in [6, 6.07) is 20.7. The van der Waals surface area contributed by atoms with E-state index < -0.39 is 10.8 Å². The summed E-state index contributed by atoms with van der Waals surface area (Å²) in [5, 5.41) is 3.41. The van der Waals surface area contributed by atoms with Crippen LogP contribution in [-0.4, -0.2) is 52.8 Å². The Kier molecular flexibility index (Phi) is 9.09. The van der Waals surface area contributed by atoms with Gasteiger partial charge in [0.2, 0.25) is 0 Å². The number of hydrogen-bond donors (Lipinski definition) is 1. The van der Waals surface area contributed by atoms with E-state index in [1.165, 1.54) is 11.3 Å². The molecule has 29 heavy (non-hydrogen) atoms. The van der Waals surface area contributed by atoms with Gasteiger partial charge in [-0.15, -0.1) is 11.8 Å². The van der Waals surface area contributed by atoms with Crippen LogP contribution in [-0.2, 0) is 16.6 Å². The number of benzene rings is 2. The molecular formula is C23H31N3OS2. The summed E-state index contributed by atoms with van der Waals surface area (Å²) in [5.74, 6) is 3.99. The zero-order valence-electron chi connectivity index (χ0n) is 17.1. The monoisotopic (exact) mass is 429 g/mol. The average molecular weight is 430 g/mol. The van der Waals surface area contributed by atoms with Gasteiger partial charge in [-0.25, -0.2) is 0 Å². The van der Waals surface area contributed by atoms with Gasteiger partial charge < -0.3 is 10.2 Å². The van der Waals surface area contributed by atoms with Gasteiger partial charge in [-0.05, 0) is 37.0 Å². The molecule has 2 unspecified atom stereocenters. The summed E-state index contributed by atoms with van der Waals surface area (Å²) in [5.41, 5.74) is 1.13. The largest absolute Gasteiger partial charge is 0.357 e. The lowest BCUT2D eigenvalue weighted by Crippen LogP contribution is -2.40. The molecule has 156 valence electrons. The smallest absolute Gasteiger partial charge is 0.193 e. The van der Waals surface area contributed by atoms with Crippen LogP contribution in [0.5, 0.6) is 0 Å². The van der Waals surface area contributed by atoms with Crippen molar-refractivity contribution in [1.82, 2.24) is 10.2 Å². The molecule has 4 nitrogen and oxygen atoms in total. The van der Waals surface area contributed by atoms with Crippen molar-refractivity contribution in [3.8, 4) is 0 Å². The van der Waals surface area contributed by atoms with E-state index in [4.69, 9.17) is 4.99 Å². The van der Waals surface area contributed by atoms with Crippen LogP contribution < -0.4 is 5.32 Å². The third-order valence-electron chi connectivity index (χ3n) is 4.90. The van der Waals surface area contributed by atoms with Gasteiger partial charge in [-0.2, -0.15) is 0 Å². The minimum Gasteiger partial charge on any atom is -0.357 e. The quantitative estimate of drug-likeness (QED) is 0.372. The topological polar surface area (TPSA) is 44.7 Å². The van der Waals surface area contributed by atoms with Gasteiger partial charge in [0.1, 0.15) is 0 Å². The van der Waals surface area contributed by atoms with Crippen LogP contribution in [0, 0.1) is 5.92 Å². The highest BCUT2D eigenvalue weighted by atomic mass is 32.2. The molecule has 1 aliphatic rings. The van der Waals surface area contributed by atoms with Crippen molar-refractivity contribution >= 4 is 28.5 Å². The number of thioether (sulfide) groups is 1. The van der Waals surface area contributed by atoms with Crippen molar-refractivity contribution < 1.29 is 4.21 Å². The Morgan fingerprint density at radius 3 is 2.62 bits per heavy atom. The SMILES string of the molecule is CCNC(=NCCS(=O)Cc1ccccc1)N1CCC(CSc2ccccc2)C1. The van der Waals surface area contributed by atoms with Crippen LogP contribution in [0.15, 0.2) is 70.6 Å². The van der Waals surface area contributed by atoms with E-state index in [0.29, 0.717) is 24.0 Å². The molecule has 1 saturated heterocycles. The van der Waals surface area contributed by atoms with Crippen molar-refractivity contribution in [2.24, 2.45) is 10.9 Å². The van der Waals surface area contributed by atoms with Crippen molar-refractivity contribution in [2.75, 3.05) is 37.7 Å². The minimum absolute atomic E-state index is 0.599. The predicted molar refractivity (Wildman–Crippen MR) is 126 cm³/mol. The highest BCUT2D eigenvalue weighted by Crippen LogP contribution is 2.25. The summed E-state index contributed by atoms with van der Waals surface area (Å²) in [7, 11) is -0.881. The lowest BCUT2D eigenvalue weighted by atomic mass is 10.2. The molecule has 0 bridgehead atoms. The van der Waals surface area contributed by atoms with Crippen LogP contribution in [0.25, 0.3) is 0 Å². The molecule has 3 rings (SSSR count). The van der Waals surface area contributed by atoms with E-state index in [-0.39, 0.29) is 0 Å². The highest BCUT2D eigenvalue weighted by molar-refractivity contribution is 7.99. The molecule has 0 amide bonds. The first-order valence-electron chi connectivity index (χ1n) is 10.3. The maximum absolute atomic E-state index is 12.4. The molecule has 2 aromatic carbocycles.